The van der Waals surface area contributed by atoms with Gasteiger partial charge in [-0.3, -0.25) is 4.72 Å². The van der Waals surface area contributed by atoms with Crippen LogP contribution in [0.3, 0.4) is 0 Å². The summed E-state index contributed by atoms with van der Waals surface area (Å²) in [5, 5.41) is -0.455. The molecular weight excluding hydrogens is 264 g/mol. The van der Waals surface area contributed by atoms with E-state index in [1.807, 2.05) is 19.0 Å². The van der Waals surface area contributed by atoms with Crippen molar-refractivity contribution in [3.8, 4) is 5.75 Å². The van der Waals surface area contributed by atoms with Crippen LogP contribution in [0.25, 0.3) is 0 Å². The van der Waals surface area contributed by atoms with Gasteiger partial charge in [-0.15, -0.1) is 0 Å². The molecule has 0 heterocycles. The maximum Gasteiger partial charge on any atom is 0.235 e. The van der Waals surface area contributed by atoms with Crippen molar-refractivity contribution in [2.75, 3.05) is 32.0 Å². The Balaban J connectivity index is 2.57. The highest BCUT2D eigenvalue weighted by molar-refractivity contribution is 7.93. The van der Waals surface area contributed by atoms with Gasteiger partial charge in [0.15, 0.2) is 0 Å². The van der Waals surface area contributed by atoms with E-state index in [2.05, 4.69) is 4.72 Å². The van der Waals surface area contributed by atoms with Crippen molar-refractivity contribution in [3.05, 3.63) is 24.3 Å². The van der Waals surface area contributed by atoms with E-state index in [-0.39, 0.29) is 0 Å². The van der Waals surface area contributed by atoms with Crippen LogP contribution in [0.4, 0.5) is 5.69 Å². The molecule has 0 spiro atoms. The molecule has 0 aliphatic rings. The Morgan fingerprint density at radius 1 is 1.21 bits per heavy atom. The number of likely N-dealkylation sites (N-methyl/N-ethyl adjacent to an activating group) is 1. The van der Waals surface area contributed by atoms with Gasteiger partial charge in [-0.25, -0.2) is 8.42 Å². The number of ether oxygens (including phenoxy) is 1. The summed E-state index contributed by atoms with van der Waals surface area (Å²) in [4.78, 5) is 2.03. The molecule has 1 rings (SSSR count). The van der Waals surface area contributed by atoms with Crippen molar-refractivity contribution in [1.82, 2.24) is 4.90 Å². The van der Waals surface area contributed by atoms with E-state index in [0.717, 1.165) is 12.3 Å². The molecule has 5 nitrogen and oxygen atoms in total. The topological polar surface area (TPSA) is 58.6 Å². The lowest BCUT2D eigenvalue weighted by Gasteiger charge is -2.13. The van der Waals surface area contributed by atoms with Gasteiger partial charge in [-0.1, -0.05) is 0 Å². The van der Waals surface area contributed by atoms with E-state index in [9.17, 15) is 8.42 Å². The summed E-state index contributed by atoms with van der Waals surface area (Å²) in [7, 11) is 0.669. The molecule has 1 aromatic carbocycles. The summed E-state index contributed by atoms with van der Waals surface area (Å²) in [6.45, 7) is 4.72. The van der Waals surface area contributed by atoms with Crippen molar-refractivity contribution in [2.24, 2.45) is 0 Å². The summed E-state index contributed by atoms with van der Waals surface area (Å²) in [6.07, 6.45) is 0. The molecular formula is C13H22N2O3S. The zero-order valence-corrected chi connectivity index (χ0v) is 12.7. The Bertz CT molecular complexity index is 481. The minimum absolute atomic E-state index is 0.455. The van der Waals surface area contributed by atoms with Gasteiger partial charge in [0.05, 0.1) is 5.25 Å². The zero-order valence-electron chi connectivity index (χ0n) is 11.9. The van der Waals surface area contributed by atoms with Crippen LogP contribution in [0.15, 0.2) is 24.3 Å². The average molecular weight is 286 g/mol. The fourth-order valence-corrected chi connectivity index (χ4v) is 1.95. The molecule has 0 aliphatic heterocycles. The van der Waals surface area contributed by atoms with Crippen LogP contribution in [0, 0.1) is 0 Å². The molecule has 0 saturated carbocycles. The standard InChI is InChI=1S/C13H22N2O3S/c1-11(2)19(16,17)14-12-5-7-13(8-6-12)18-10-9-15(3)4/h5-8,11,14H,9-10H2,1-4H3. The first-order valence-electron chi connectivity index (χ1n) is 6.20. The van der Waals surface area contributed by atoms with Gasteiger partial charge >= 0.3 is 0 Å². The molecule has 108 valence electrons. The van der Waals surface area contributed by atoms with Crippen LogP contribution < -0.4 is 9.46 Å². The lowest BCUT2D eigenvalue weighted by molar-refractivity contribution is 0.261. The number of nitrogens with zero attached hydrogens (tertiary/aromatic N) is 1. The lowest BCUT2D eigenvalue weighted by atomic mass is 10.3. The molecule has 0 atom stereocenters. The van der Waals surface area contributed by atoms with Crippen LogP contribution in [-0.2, 0) is 10.0 Å². The minimum atomic E-state index is -3.29. The quantitative estimate of drug-likeness (QED) is 0.830. The van der Waals surface area contributed by atoms with E-state index in [4.69, 9.17) is 4.74 Å². The number of nitrogens with one attached hydrogen (secondary N) is 1. The van der Waals surface area contributed by atoms with Crippen LogP contribution in [-0.4, -0.2) is 45.8 Å². The van der Waals surface area contributed by atoms with E-state index in [0.29, 0.717) is 12.3 Å². The van der Waals surface area contributed by atoms with Gasteiger partial charge in [0.1, 0.15) is 12.4 Å². The van der Waals surface area contributed by atoms with Crippen LogP contribution in [0.1, 0.15) is 13.8 Å². The predicted octanol–water partition coefficient (Wildman–Crippen LogP) is 1.78. The second-order valence-electron chi connectivity index (χ2n) is 4.87. The molecule has 0 unspecified atom stereocenters. The maximum atomic E-state index is 11.7. The number of anilines is 1. The Hall–Kier alpha value is -1.27. The van der Waals surface area contributed by atoms with Crippen molar-refractivity contribution in [3.63, 3.8) is 0 Å². The summed E-state index contributed by atoms with van der Waals surface area (Å²) in [6, 6.07) is 6.91. The Morgan fingerprint density at radius 3 is 2.26 bits per heavy atom. The number of rotatable bonds is 7. The van der Waals surface area contributed by atoms with Crippen molar-refractivity contribution < 1.29 is 13.2 Å². The Morgan fingerprint density at radius 2 is 1.79 bits per heavy atom. The molecule has 0 aromatic heterocycles. The molecule has 1 N–H and O–H groups in total. The van der Waals surface area contributed by atoms with Gasteiger partial charge < -0.3 is 9.64 Å². The largest absolute Gasteiger partial charge is 0.492 e. The van der Waals surface area contributed by atoms with Gasteiger partial charge in [0.25, 0.3) is 0 Å². The summed E-state index contributed by atoms with van der Waals surface area (Å²) >= 11 is 0. The van der Waals surface area contributed by atoms with Gasteiger partial charge in [-0.2, -0.15) is 0 Å². The normalized spacial score (nSPS) is 11.9. The van der Waals surface area contributed by atoms with E-state index in [1.54, 1.807) is 38.1 Å². The molecule has 1 aromatic rings. The predicted molar refractivity (Wildman–Crippen MR) is 78.2 cm³/mol. The molecule has 6 heteroatoms. The minimum Gasteiger partial charge on any atom is -0.492 e. The Labute approximate surface area is 115 Å². The SMILES string of the molecule is CC(C)S(=O)(=O)Nc1ccc(OCCN(C)C)cc1. The van der Waals surface area contributed by atoms with Gasteiger partial charge in [0, 0.05) is 12.2 Å². The molecule has 0 amide bonds. The van der Waals surface area contributed by atoms with E-state index >= 15 is 0 Å². The van der Waals surface area contributed by atoms with E-state index < -0.39 is 15.3 Å². The highest BCUT2D eigenvalue weighted by atomic mass is 32.2. The van der Waals surface area contributed by atoms with Crippen LogP contribution >= 0.6 is 0 Å². The maximum absolute atomic E-state index is 11.7. The molecule has 0 aliphatic carbocycles. The Kier molecular flexibility index (Phi) is 5.62. The first-order chi connectivity index (χ1) is 8.81. The third kappa shape index (κ3) is 5.48. The number of hydrogen-bond donors (Lipinski definition) is 1. The van der Waals surface area contributed by atoms with E-state index in [1.165, 1.54) is 0 Å². The highest BCUT2D eigenvalue weighted by Crippen LogP contribution is 2.17. The molecule has 0 radical (unpaired) electrons. The number of sulfonamides is 1. The smallest absolute Gasteiger partial charge is 0.235 e. The number of benzene rings is 1. The van der Waals surface area contributed by atoms with Gasteiger partial charge in [-0.05, 0) is 52.2 Å². The fourth-order valence-electron chi connectivity index (χ4n) is 1.25. The third-order valence-corrected chi connectivity index (χ3v) is 4.30. The summed E-state index contributed by atoms with van der Waals surface area (Å²) in [5.74, 6) is 0.731. The average Bonchev–Trinajstić information content (AvgIpc) is 2.30. The second kappa shape index (κ2) is 6.77. The first-order valence-corrected chi connectivity index (χ1v) is 7.75. The fraction of sp³-hybridized carbons (Fsp3) is 0.538. The summed E-state index contributed by atoms with van der Waals surface area (Å²) in [5.41, 5.74) is 0.550. The number of hydrogen-bond acceptors (Lipinski definition) is 4. The molecule has 19 heavy (non-hydrogen) atoms. The van der Waals surface area contributed by atoms with Crippen LogP contribution in [0.2, 0.25) is 0 Å². The highest BCUT2D eigenvalue weighted by Gasteiger charge is 2.15. The second-order valence-corrected chi connectivity index (χ2v) is 7.11. The summed E-state index contributed by atoms with van der Waals surface area (Å²) < 4.78 is 31.4. The first kappa shape index (κ1) is 15.8. The monoisotopic (exact) mass is 286 g/mol. The van der Waals surface area contributed by atoms with Crippen molar-refractivity contribution in [2.45, 2.75) is 19.1 Å². The lowest BCUT2D eigenvalue weighted by Crippen LogP contribution is -2.22. The van der Waals surface area contributed by atoms with Crippen molar-refractivity contribution in [1.29, 1.82) is 0 Å². The van der Waals surface area contributed by atoms with Crippen molar-refractivity contribution >= 4 is 15.7 Å². The zero-order chi connectivity index (χ0) is 14.5. The molecule has 0 bridgehead atoms. The molecule has 0 saturated heterocycles. The van der Waals surface area contributed by atoms with Crippen LogP contribution in [0.5, 0.6) is 5.75 Å². The third-order valence-electron chi connectivity index (χ3n) is 2.54. The molecule has 0 fully saturated rings. The van der Waals surface area contributed by atoms with Gasteiger partial charge in [0.2, 0.25) is 10.0 Å².